The summed E-state index contributed by atoms with van der Waals surface area (Å²) >= 11 is 0. The fourth-order valence-corrected chi connectivity index (χ4v) is 3.77. The molecule has 0 fully saturated rings. The van der Waals surface area contributed by atoms with Crippen molar-refractivity contribution >= 4 is 16.8 Å². The zero-order valence-electron chi connectivity index (χ0n) is 16.7. The van der Waals surface area contributed by atoms with E-state index in [0.29, 0.717) is 17.0 Å². The largest absolute Gasteiger partial charge is 0.463 e. The van der Waals surface area contributed by atoms with Gasteiger partial charge in [-0.3, -0.25) is 4.79 Å². The zero-order valence-corrected chi connectivity index (χ0v) is 16.7. The lowest BCUT2D eigenvalue weighted by Crippen LogP contribution is -2.29. The van der Waals surface area contributed by atoms with Gasteiger partial charge in [0.15, 0.2) is 5.76 Å². The maximum absolute atomic E-state index is 13.6. The van der Waals surface area contributed by atoms with Crippen LogP contribution >= 0.6 is 0 Å². The molecule has 0 spiro atoms. The molecule has 2 heterocycles. The van der Waals surface area contributed by atoms with E-state index in [2.05, 4.69) is 10.3 Å². The minimum Gasteiger partial charge on any atom is -0.463 e. The quantitative estimate of drug-likeness (QED) is 0.390. The number of amides is 1. The molecule has 0 aliphatic heterocycles. The monoisotopic (exact) mass is 404 g/mol. The number of rotatable bonds is 5. The molecule has 5 aromatic rings. The van der Waals surface area contributed by atoms with Gasteiger partial charge in [0.25, 0.3) is 5.91 Å². The maximum atomic E-state index is 13.6. The molecule has 1 amide bonds. The van der Waals surface area contributed by atoms with Gasteiger partial charge in [-0.15, -0.1) is 0 Å². The number of furan rings is 1. The van der Waals surface area contributed by atoms with Gasteiger partial charge in [-0.1, -0.05) is 78.9 Å². The summed E-state index contributed by atoms with van der Waals surface area (Å²) in [6.07, 6.45) is 1.60. The Bertz CT molecular complexity index is 1270. The highest BCUT2D eigenvalue weighted by molar-refractivity contribution is 6.07. The summed E-state index contributed by atoms with van der Waals surface area (Å²) in [6.45, 7) is 0. The fraction of sp³-hybridized carbons (Fsp3) is 0.0370. The predicted octanol–water partition coefficient (Wildman–Crippen LogP) is 6.01. The van der Waals surface area contributed by atoms with E-state index >= 15 is 0 Å². The zero-order chi connectivity index (χ0) is 21.0. The molecule has 0 aliphatic carbocycles. The summed E-state index contributed by atoms with van der Waals surface area (Å²) < 4.78 is 5.53. The van der Waals surface area contributed by atoms with E-state index in [0.717, 1.165) is 22.0 Å². The van der Waals surface area contributed by atoms with Crippen LogP contribution in [-0.4, -0.2) is 10.9 Å². The second-order valence-electron chi connectivity index (χ2n) is 7.28. The molecule has 2 aromatic heterocycles. The van der Waals surface area contributed by atoms with E-state index in [1.165, 1.54) is 0 Å². The number of nitrogens with one attached hydrogen (secondary N) is 1. The van der Waals surface area contributed by atoms with E-state index in [1.54, 1.807) is 12.3 Å². The molecular weight excluding hydrogens is 384 g/mol. The Morgan fingerprint density at radius 2 is 1.42 bits per heavy atom. The second-order valence-corrected chi connectivity index (χ2v) is 7.28. The molecule has 31 heavy (non-hydrogen) atoms. The third-order valence-electron chi connectivity index (χ3n) is 5.28. The van der Waals surface area contributed by atoms with Crippen molar-refractivity contribution in [1.82, 2.24) is 10.3 Å². The Balaban J connectivity index is 1.59. The summed E-state index contributed by atoms with van der Waals surface area (Å²) in [5.41, 5.74) is 3.98. The fourth-order valence-electron chi connectivity index (χ4n) is 3.77. The van der Waals surface area contributed by atoms with E-state index in [-0.39, 0.29) is 11.9 Å². The molecule has 0 saturated carbocycles. The summed E-state index contributed by atoms with van der Waals surface area (Å²) in [6, 6.07) is 32.8. The summed E-state index contributed by atoms with van der Waals surface area (Å²) in [4.78, 5) is 18.3. The molecule has 0 bridgehead atoms. The predicted molar refractivity (Wildman–Crippen MR) is 122 cm³/mol. The van der Waals surface area contributed by atoms with Crippen LogP contribution in [0, 0.1) is 0 Å². The van der Waals surface area contributed by atoms with Gasteiger partial charge in [0.1, 0.15) is 5.69 Å². The van der Waals surface area contributed by atoms with Crippen molar-refractivity contribution in [3.05, 3.63) is 126 Å². The van der Waals surface area contributed by atoms with Gasteiger partial charge in [0.2, 0.25) is 0 Å². The highest BCUT2D eigenvalue weighted by Crippen LogP contribution is 2.27. The number of aromatic nitrogens is 1. The number of hydrogen-bond donors (Lipinski definition) is 1. The number of carbonyl (C=O) groups is 1. The lowest BCUT2D eigenvalue weighted by Gasteiger charge is -2.20. The molecule has 0 saturated heterocycles. The van der Waals surface area contributed by atoms with Crippen LogP contribution in [0.5, 0.6) is 0 Å². The van der Waals surface area contributed by atoms with Gasteiger partial charge in [-0.25, -0.2) is 4.98 Å². The molecule has 5 rings (SSSR count). The number of carbonyl (C=O) groups excluding carboxylic acids is 1. The number of para-hydroxylation sites is 1. The van der Waals surface area contributed by atoms with Crippen LogP contribution in [0.4, 0.5) is 0 Å². The summed E-state index contributed by atoms with van der Waals surface area (Å²) in [5.74, 6) is 0.464. The smallest absolute Gasteiger partial charge is 0.252 e. The highest BCUT2D eigenvalue weighted by atomic mass is 16.3. The first-order valence-electron chi connectivity index (χ1n) is 10.1. The number of benzene rings is 3. The van der Waals surface area contributed by atoms with Crippen LogP contribution in [0.2, 0.25) is 0 Å². The Morgan fingerprint density at radius 3 is 2.06 bits per heavy atom. The van der Waals surface area contributed by atoms with E-state index in [4.69, 9.17) is 4.42 Å². The third kappa shape index (κ3) is 3.83. The Morgan fingerprint density at radius 1 is 0.774 bits per heavy atom. The first-order valence-corrected chi connectivity index (χ1v) is 10.1. The van der Waals surface area contributed by atoms with Crippen molar-refractivity contribution in [1.29, 1.82) is 0 Å². The van der Waals surface area contributed by atoms with Gasteiger partial charge < -0.3 is 9.73 Å². The van der Waals surface area contributed by atoms with Crippen LogP contribution in [0.25, 0.3) is 22.4 Å². The maximum Gasteiger partial charge on any atom is 0.252 e. The van der Waals surface area contributed by atoms with Crippen molar-refractivity contribution in [3.63, 3.8) is 0 Å². The molecule has 150 valence electrons. The molecule has 0 radical (unpaired) electrons. The summed E-state index contributed by atoms with van der Waals surface area (Å²) in [5, 5.41) is 4.03. The van der Waals surface area contributed by atoms with Crippen LogP contribution in [0.1, 0.15) is 27.5 Å². The highest BCUT2D eigenvalue weighted by Gasteiger charge is 2.20. The first kappa shape index (κ1) is 18.8. The second kappa shape index (κ2) is 8.28. The molecule has 1 N–H and O–H groups in total. The van der Waals surface area contributed by atoms with Gasteiger partial charge in [-0.05, 0) is 35.4 Å². The SMILES string of the molecule is O=C(NC(c1ccccc1)c1ccccc1)c1cc(-c2ccco2)nc2ccccc12. The van der Waals surface area contributed by atoms with Crippen LogP contribution in [0.3, 0.4) is 0 Å². The van der Waals surface area contributed by atoms with Crippen LogP contribution < -0.4 is 5.32 Å². The van der Waals surface area contributed by atoms with Crippen molar-refractivity contribution < 1.29 is 9.21 Å². The normalized spacial score (nSPS) is 11.0. The molecular formula is C27H20N2O2. The topological polar surface area (TPSA) is 55.1 Å². The Hall–Kier alpha value is -4.18. The number of pyridine rings is 1. The average Bonchev–Trinajstić information content (AvgIpc) is 3.38. The van der Waals surface area contributed by atoms with Gasteiger partial charge in [0.05, 0.1) is 23.4 Å². The third-order valence-corrected chi connectivity index (χ3v) is 5.28. The van der Waals surface area contributed by atoms with Crippen molar-refractivity contribution in [3.8, 4) is 11.5 Å². The molecule has 0 unspecified atom stereocenters. The van der Waals surface area contributed by atoms with Gasteiger partial charge in [0, 0.05) is 5.39 Å². The number of nitrogens with zero attached hydrogens (tertiary/aromatic N) is 1. The molecule has 0 aliphatic rings. The Labute approximate surface area is 180 Å². The molecule has 4 nitrogen and oxygen atoms in total. The first-order chi connectivity index (χ1) is 15.3. The average molecular weight is 404 g/mol. The molecule has 0 atom stereocenters. The number of fused-ring (bicyclic) bond motifs is 1. The van der Waals surface area contributed by atoms with E-state index < -0.39 is 0 Å². The van der Waals surface area contributed by atoms with Crippen molar-refractivity contribution in [2.24, 2.45) is 0 Å². The Kier molecular flexibility index (Phi) is 5.03. The van der Waals surface area contributed by atoms with Crippen LogP contribution in [-0.2, 0) is 0 Å². The minimum atomic E-state index is -0.270. The number of hydrogen-bond acceptors (Lipinski definition) is 3. The van der Waals surface area contributed by atoms with E-state index in [1.807, 2.05) is 97.1 Å². The van der Waals surface area contributed by atoms with Gasteiger partial charge in [-0.2, -0.15) is 0 Å². The van der Waals surface area contributed by atoms with Crippen molar-refractivity contribution in [2.45, 2.75) is 6.04 Å². The lowest BCUT2D eigenvalue weighted by atomic mass is 9.97. The standard InChI is InChI=1S/C27H20N2O2/c30-27(29-26(19-10-3-1-4-11-19)20-12-5-2-6-13-20)22-18-24(25-16-9-17-31-25)28-23-15-8-7-14-21(22)23/h1-18,26H,(H,29,30). The van der Waals surface area contributed by atoms with Gasteiger partial charge >= 0.3 is 0 Å². The minimum absolute atomic E-state index is 0.163. The molecule has 4 heteroatoms. The lowest BCUT2D eigenvalue weighted by molar-refractivity contribution is 0.0944. The summed E-state index contributed by atoms with van der Waals surface area (Å²) in [7, 11) is 0. The van der Waals surface area contributed by atoms with Crippen LogP contribution in [0.15, 0.2) is 114 Å². The van der Waals surface area contributed by atoms with Crippen molar-refractivity contribution in [2.75, 3.05) is 0 Å². The van der Waals surface area contributed by atoms with E-state index in [9.17, 15) is 4.79 Å². The molecule has 3 aromatic carbocycles.